The highest BCUT2D eigenvalue weighted by molar-refractivity contribution is 6.45. The lowest BCUT2D eigenvalue weighted by molar-refractivity contribution is 0.279. The van der Waals surface area contributed by atoms with Crippen molar-refractivity contribution in [2.24, 2.45) is 0 Å². The van der Waals surface area contributed by atoms with E-state index in [-0.39, 0.29) is 0 Å². The van der Waals surface area contributed by atoms with Crippen LogP contribution in [0.4, 0.5) is 0 Å². The molecule has 0 aromatic heterocycles. The molecular formula is C3H5Cl2O. The third kappa shape index (κ3) is 4.54. The monoisotopic (exact) mass is 127 g/mol. The van der Waals surface area contributed by atoms with Crippen LogP contribution in [0.1, 0.15) is 0 Å². The van der Waals surface area contributed by atoms with E-state index >= 15 is 0 Å². The van der Waals surface area contributed by atoms with Gasteiger partial charge in [0.05, 0.1) is 0 Å². The van der Waals surface area contributed by atoms with Crippen molar-refractivity contribution in [1.82, 2.24) is 0 Å². The molecule has 0 atom stereocenters. The number of rotatable bonds is 2. The smallest absolute Gasteiger partial charge is 0.136 e. The van der Waals surface area contributed by atoms with E-state index in [0.29, 0.717) is 0 Å². The first kappa shape index (κ1) is 6.54. The summed E-state index contributed by atoms with van der Waals surface area (Å²) in [5.74, 6) is 0. The molecule has 0 saturated heterocycles. The zero-order chi connectivity index (χ0) is 4.99. The number of ether oxygens (including phenoxy) is 1. The highest BCUT2D eigenvalue weighted by Gasteiger charge is 1.93. The predicted octanol–water partition coefficient (Wildman–Crippen LogP) is 1.60. The van der Waals surface area contributed by atoms with E-state index in [0.717, 1.165) is 0 Å². The summed E-state index contributed by atoms with van der Waals surface area (Å²) < 4.78 is 4.41. The molecule has 0 fully saturated rings. The molecule has 0 spiro atoms. The van der Waals surface area contributed by atoms with E-state index in [1.165, 1.54) is 13.7 Å². The predicted molar refractivity (Wildman–Crippen MR) is 26.8 cm³/mol. The van der Waals surface area contributed by atoms with E-state index in [1.54, 1.807) is 0 Å². The summed E-state index contributed by atoms with van der Waals surface area (Å²) in [5.41, 5.74) is 0. The number of halogens is 2. The van der Waals surface area contributed by atoms with Crippen LogP contribution in [0.15, 0.2) is 0 Å². The van der Waals surface area contributed by atoms with Crippen molar-refractivity contribution in [3.05, 3.63) is 6.61 Å². The van der Waals surface area contributed by atoms with E-state index in [9.17, 15) is 0 Å². The van der Waals surface area contributed by atoms with Gasteiger partial charge in [0, 0.05) is 7.11 Å². The Morgan fingerprint density at radius 3 is 2.17 bits per heavy atom. The first-order valence-corrected chi connectivity index (χ1v) is 2.29. The Labute approximate surface area is 47.2 Å². The molecule has 0 aliphatic rings. The van der Waals surface area contributed by atoms with Crippen LogP contribution in [0, 0.1) is 6.61 Å². The van der Waals surface area contributed by atoms with E-state index in [2.05, 4.69) is 4.74 Å². The van der Waals surface area contributed by atoms with Crippen molar-refractivity contribution in [2.45, 2.75) is 4.84 Å². The standard InChI is InChI=1S/C3H5Cl2O/c1-6-2-3(4)5/h2-3H,1H3. The van der Waals surface area contributed by atoms with E-state index in [4.69, 9.17) is 23.2 Å². The summed E-state index contributed by atoms with van der Waals surface area (Å²) in [4.78, 5) is -0.505. The van der Waals surface area contributed by atoms with Gasteiger partial charge in [-0.15, -0.1) is 23.2 Å². The van der Waals surface area contributed by atoms with Crippen molar-refractivity contribution < 1.29 is 4.74 Å². The maximum absolute atomic E-state index is 5.16. The third-order valence-electron chi connectivity index (χ3n) is 0.239. The van der Waals surface area contributed by atoms with Gasteiger partial charge in [0.25, 0.3) is 0 Å². The molecule has 1 nitrogen and oxygen atoms in total. The van der Waals surface area contributed by atoms with Crippen LogP contribution in [0.5, 0.6) is 0 Å². The van der Waals surface area contributed by atoms with Gasteiger partial charge >= 0.3 is 0 Å². The van der Waals surface area contributed by atoms with Gasteiger partial charge in [0.1, 0.15) is 11.4 Å². The molecule has 37 valence electrons. The molecule has 0 heterocycles. The lowest BCUT2D eigenvalue weighted by Gasteiger charge is -1.91. The third-order valence-corrected chi connectivity index (χ3v) is 0.445. The average Bonchev–Trinajstić information content (AvgIpc) is 1.35. The fourth-order valence-electron chi connectivity index (χ4n) is 0.103. The molecule has 0 aliphatic heterocycles. The molecule has 0 aliphatic carbocycles. The van der Waals surface area contributed by atoms with Crippen LogP contribution >= 0.6 is 23.2 Å². The Morgan fingerprint density at radius 1 is 1.67 bits per heavy atom. The van der Waals surface area contributed by atoms with Crippen molar-refractivity contribution in [3.63, 3.8) is 0 Å². The van der Waals surface area contributed by atoms with Gasteiger partial charge in [-0.25, -0.2) is 0 Å². The zero-order valence-corrected chi connectivity index (χ0v) is 4.83. The number of hydrogen-bond acceptors (Lipinski definition) is 1. The van der Waals surface area contributed by atoms with E-state index < -0.39 is 4.84 Å². The maximum Gasteiger partial charge on any atom is 0.136 e. The van der Waals surface area contributed by atoms with Gasteiger partial charge in [-0.3, -0.25) is 0 Å². The molecule has 0 aromatic carbocycles. The number of alkyl halides is 2. The van der Waals surface area contributed by atoms with Crippen molar-refractivity contribution in [3.8, 4) is 0 Å². The molecular weight excluding hydrogens is 123 g/mol. The van der Waals surface area contributed by atoms with E-state index in [1.807, 2.05) is 0 Å². The minimum atomic E-state index is -0.505. The summed E-state index contributed by atoms with van der Waals surface area (Å²) >= 11 is 10.3. The van der Waals surface area contributed by atoms with Crippen LogP contribution in [0.2, 0.25) is 0 Å². The van der Waals surface area contributed by atoms with Gasteiger partial charge in [0.15, 0.2) is 0 Å². The Morgan fingerprint density at radius 2 is 2.17 bits per heavy atom. The SMILES string of the molecule is CO[CH]C(Cl)Cl. The van der Waals surface area contributed by atoms with Gasteiger partial charge in [-0.05, 0) is 0 Å². The average molecular weight is 128 g/mol. The molecule has 0 rings (SSSR count). The number of hydrogen-bond donors (Lipinski definition) is 0. The Kier molecular flexibility index (Phi) is 4.06. The van der Waals surface area contributed by atoms with Crippen molar-refractivity contribution in [2.75, 3.05) is 7.11 Å². The topological polar surface area (TPSA) is 9.23 Å². The van der Waals surface area contributed by atoms with Crippen molar-refractivity contribution >= 4 is 23.2 Å². The first-order chi connectivity index (χ1) is 2.77. The molecule has 6 heavy (non-hydrogen) atoms. The number of methoxy groups -OCH3 is 1. The summed E-state index contributed by atoms with van der Waals surface area (Å²) in [6.07, 6.45) is 0. The minimum Gasteiger partial charge on any atom is -0.376 e. The molecule has 0 amide bonds. The molecule has 0 aromatic rings. The highest BCUT2D eigenvalue weighted by Crippen LogP contribution is 2.03. The molecule has 0 N–H and O–H groups in total. The van der Waals surface area contributed by atoms with Crippen LogP contribution in [0.25, 0.3) is 0 Å². The van der Waals surface area contributed by atoms with Gasteiger partial charge in [0.2, 0.25) is 0 Å². The molecule has 0 unspecified atom stereocenters. The van der Waals surface area contributed by atoms with Crippen molar-refractivity contribution in [1.29, 1.82) is 0 Å². The minimum absolute atomic E-state index is 0.505. The summed E-state index contributed by atoms with van der Waals surface area (Å²) in [6.45, 7) is 1.32. The quantitative estimate of drug-likeness (QED) is 0.513. The Bertz CT molecular complexity index is 30.0. The molecule has 3 heteroatoms. The second-order valence-electron chi connectivity index (χ2n) is 0.706. The fraction of sp³-hybridized carbons (Fsp3) is 0.667. The maximum atomic E-state index is 5.16. The van der Waals surface area contributed by atoms with Crippen LogP contribution in [0.3, 0.4) is 0 Å². The van der Waals surface area contributed by atoms with Gasteiger partial charge in [-0.1, -0.05) is 0 Å². The Balaban J connectivity index is 2.63. The summed E-state index contributed by atoms with van der Waals surface area (Å²) in [7, 11) is 1.50. The highest BCUT2D eigenvalue weighted by atomic mass is 35.5. The largest absolute Gasteiger partial charge is 0.376 e. The lowest BCUT2D eigenvalue weighted by Crippen LogP contribution is -1.87. The molecule has 1 radical (unpaired) electrons. The second-order valence-corrected chi connectivity index (χ2v) is 1.87. The summed E-state index contributed by atoms with van der Waals surface area (Å²) in [5, 5.41) is 0. The Hall–Kier alpha value is 0.540. The van der Waals surface area contributed by atoms with Crippen LogP contribution < -0.4 is 0 Å². The van der Waals surface area contributed by atoms with Gasteiger partial charge in [-0.2, -0.15) is 0 Å². The zero-order valence-electron chi connectivity index (χ0n) is 3.32. The second kappa shape index (κ2) is 3.72. The molecule has 0 bridgehead atoms. The first-order valence-electron chi connectivity index (χ1n) is 1.41. The fourth-order valence-corrected chi connectivity index (χ4v) is 0.309. The lowest BCUT2D eigenvalue weighted by atomic mass is 10.9. The molecule has 0 saturated carbocycles. The van der Waals surface area contributed by atoms with Crippen LogP contribution in [-0.4, -0.2) is 11.9 Å². The normalized spacial score (nSPS) is 10.0. The summed E-state index contributed by atoms with van der Waals surface area (Å²) in [6, 6.07) is 0. The van der Waals surface area contributed by atoms with Gasteiger partial charge < -0.3 is 4.74 Å². The van der Waals surface area contributed by atoms with Crippen LogP contribution in [-0.2, 0) is 4.74 Å².